The fourth-order valence-electron chi connectivity index (χ4n) is 4.66. The molecule has 0 aromatic heterocycles. The quantitative estimate of drug-likeness (QED) is 0.241. The summed E-state index contributed by atoms with van der Waals surface area (Å²) in [5, 5.41) is 14.4. The molecule has 0 aliphatic heterocycles. The molecule has 1 unspecified atom stereocenters. The Morgan fingerprint density at radius 2 is 1.56 bits per heavy atom. The molecule has 3 atom stereocenters. The molecule has 10 heteroatoms. The zero-order valence-corrected chi connectivity index (χ0v) is 22.8. The maximum absolute atomic E-state index is 13.9. The summed E-state index contributed by atoms with van der Waals surface area (Å²) in [4.78, 5) is 12.6. The molecule has 0 fully saturated rings. The average Bonchev–Trinajstić information content (AvgIpc) is 2.85. The van der Waals surface area contributed by atoms with E-state index in [1.165, 1.54) is 17.7 Å². The van der Waals surface area contributed by atoms with Crippen molar-refractivity contribution in [2.45, 2.75) is 38.8 Å². The number of carbonyl (C=O) groups is 1. The lowest BCUT2D eigenvalue weighted by atomic mass is 9.78. The van der Waals surface area contributed by atoms with Crippen molar-refractivity contribution in [1.29, 1.82) is 0 Å². The van der Waals surface area contributed by atoms with Gasteiger partial charge in [0, 0.05) is 36.7 Å². The Kier molecular flexibility index (Phi) is 10.6. The van der Waals surface area contributed by atoms with Gasteiger partial charge in [0.25, 0.3) is 0 Å². The Labute approximate surface area is 228 Å². The van der Waals surface area contributed by atoms with E-state index in [9.17, 15) is 27.1 Å². The zero-order chi connectivity index (χ0) is 28.6. The number of rotatable bonds is 14. The smallest absolute Gasteiger partial charge is 0.229 e. The molecule has 3 rings (SSSR count). The van der Waals surface area contributed by atoms with Crippen molar-refractivity contribution in [2.24, 2.45) is 17.6 Å². The number of aryl methyl sites for hydroxylation is 1. The summed E-state index contributed by atoms with van der Waals surface area (Å²) in [6.45, 7) is 2.68. The van der Waals surface area contributed by atoms with Gasteiger partial charge in [-0.1, -0.05) is 43.3 Å². The molecule has 0 aliphatic carbocycles. The van der Waals surface area contributed by atoms with E-state index in [0.29, 0.717) is 23.4 Å². The van der Waals surface area contributed by atoms with Crippen molar-refractivity contribution in [1.82, 2.24) is 5.32 Å². The highest BCUT2D eigenvalue weighted by molar-refractivity contribution is 7.92. The van der Waals surface area contributed by atoms with E-state index in [0.717, 1.165) is 24.3 Å². The number of hydrogen-bond donors (Lipinski definition) is 4. The minimum absolute atomic E-state index is 0.0180. The maximum Gasteiger partial charge on any atom is 0.229 e. The fourth-order valence-corrected chi connectivity index (χ4v) is 5.23. The largest absolute Gasteiger partial charge is 0.391 e. The van der Waals surface area contributed by atoms with Crippen molar-refractivity contribution in [2.75, 3.05) is 17.5 Å². The van der Waals surface area contributed by atoms with Gasteiger partial charge in [0.15, 0.2) is 0 Å². The summed E-state index contributed by atoms with van der Waals surface area (Å²) in [6.07, 6.45) is 1.04. The number of benzene rings is 3. The molecule has 210 valence electrons. The first-order valence-electron chi connectivity index (χ1n) is 12.7. The first-order valence-corrected chi connectivity index (χ1v) is 14.6. The van der Waals surface area contributed by atoms with Crippen LogP contribution in [0.4, 0.5) is 14.5 Å². The second-order valence-corrected chi connectivity index (χ2v) is 11.6. The van der Waals surface area contributed by atoms with Gasteiger partial charge >= 0.3 is 0 Å². The van der Waals surface area contributed by atoms with Gasteiger partial charge in [0.05, 0.1) is 12.4 Å². The van der Waals surface area contributed by atoms with Gasteiger partial charge in [-0.15, -0.1) is 0 Å². The molecule has 0 radical (unpaired) electrons. The number of aliphatic hydroxyl groups is 1. The maximum atomic E-state index is 13.9. The number of carbonyl (C=O) groups excluding carboxylic acids is 1. The molecule has 5 N–H and O–H groups in total. The van der Waals surface area contributed by atoms with Gasteiger partial charge in [-0.25, -0.2) is 17.2 Å². The average molecular weight is 560 g/mol. The molecule has 1 amide bonds. The van der Waals surface area contributed by atoms with E-state index in [2.05, 4.69) is 23.0 Å². The summed E-state index contributed by atoms with van der Waals surface area (Å²) >= 11 is 0. The standard InChI is InChI=1S/C29H35F2N3O4S/c1-3-19-5-4-6-21(11-19)17-33-18-28(35)26(15-22-12-23(30)16-24(31)13-22)27(29(32)36)14-20-7-9-25(10-8-20)34-39(2,37)38/h4-13,16,26-28,33-35H,3,14-15,17-18H2,1-2H3,(H2,32,36)/t26-,27+,28?/m0/s1. The van der Waals surface area contributed by atoms with Crippen LogP contribution in [0.15, 0.2) is 66.7 Å². The number of primary amides is 1. The van der Waals surface area contributed by atoms with Crippen LogP contribution in [0, 0.1) is 23.5 Å². The number of hydrogen-bond acceptors (Lipinski definition) is 5. The molecule has 0 heterocycles. The Bertz CT molecular complexity index is 1350. The fraction of sp³-hybridized carbons (Fsp3) is 0.345. The van der Waals surface area contributed by atoms with E-state index in [4.69, 9.17) is 5.73 Å². The highest BCUT2D eigenvalue weighted by Crippen LogP contribution is 2.27. The summed E-state index contributed by atoms with van der Waals surface area (Å²) < 4.78 is 53.2. The van der Waals surface area contributed by atoms with Crippen LogP contribution >= 0.6 is 0 Å². The van der Waals surface area contributed by atoms with E-state index < -0.39 is 45.5 Å². The summed E-state index contributed by atoms with van der Waals surface area (Å²) in [6, 6.07) is 17.6. The minimum atomic E-state index is -3.45. The van der Waals surface area contributed by atoms with Crippen LogP contribution in [0.1, 0.15) is 29.2 Å². The molecule has 0 spiro atoms. The molecule has 3 aromatic rings. The lowest BCUT2D eigenvalue weighted by Crippen LogP contribution is -2.43. The van der Waals surface area contributed by atoms with Gasteiger partial charge in [0.2, 0.25) is 15.9 Å². The summed E-state index contributed by atoms with van der Waals surface area (Å²) in [5.74, 6) is -3.80. The first-order chi connectivity index (χ1) is 18.4. The first kappa shape index (κ1) is 30.2. The van der Waals surface area contributed by atoms with Crippen molar-refractivity contribution >= 4 is 21.6 Å². The topological polar surface area (TPSA) is 122 Å². The SMILES string of the molecule is CCc1cccc(CNCC(O)[C@@H](Cc2cc(F)cc(F)c2)[C@@H](Cc2ccc(NS(C)(=O)=O)cc2)C(N)=O)c1. The van der Waals surface area contributed by atoms with Crippen molar-refractivity contribution in [3.63, 3.8) is 0 Å². The van der Waals surface area contributed by atoms with Gasteiger partial charge in [-0.3, -0.25) is 9.52 Å². The number of anilines is 1. The van der Waals surface area contributed by atoms with Crippen LogP contribution in [0.5, 0.6) is 0 Å². The normalized spacial score (nSPS) is 14.0. The predicted octanol–water partition coefficient (Wildman–Crippen LogP) is 3.55. The highest BCUT2D eigenvalue weighted by atomic mass is 32.2. The number of nitrogens with one attached hydrogen (secondary N) is 2. The number of aliphatic hydroxyl groups excluding tert-OH is 1. The molecule has 39 heavy (non-hydrogen) atoms. The van der Waals surface area contributed by atoms with Crippen molar-refractivity contribution in [3.8, 4) is 0 Å². The zero-order valence-electron chi connectivity index (χ0n) is 22.0. The molecule has 7 nitrogen and oxygen atoms in total. The van der Waals surface area contributed by atoms with Crippen LogP contribution in [0.3, 0.4) is 0 Å². The van der Waals surface area contributed by atoms with Gasteiger partial charge in [-0.2, -0.15) is 0 Å². The van der Waals surface area contributed by atoms with Crippen LogP contribution in [-0.2, 0) is 40.6 Å². The molecule has 3 aromatic carbocycles. The van der Waals surface area contributed by atoms with E-state index >= 15 is 0 Å². The van der Waals surface area contributed by atoms with Crippen LogP contribution < -0.4 is 15.8 Å². The monoisotopic (exact) mass is 559 g/mol. The molecule has 0 bridgehead atoms. The number of sulfonamides is 1. The van der Waals surface area contributed by atoms with Gasteiger partial charge < -0.3 is 16.2 Å². The van der Waals surface area contributed by atoms with E-state index in [1.807, 2.05) is 18.2 Å². The molecule has 0 saturated heterocycles. The summed E-state index contributed by atoms with van der Waals surface area (Å²) in [7, 11) is -3.45. The third-order valence-electron chi connectivity index (χ3n) is 6.57. The van der Waals surface area contributed by atoms with Gasteiger partial charge in [0.1, 0.15) is 11.6 Å². The van der Waals surface area contributed by atoms with Crippen LogP contribution in [0.25, 0.3) is 0 Å². The second-order valence-electron chi connectivity index (χ2n) is 9.80. The van der Waals surface area contributed by atoms with E-state index in [-0.39, 0.29) is 19.4 Å². The van der Waals surface area contributed by atoms with Crippen molar-refractivity contribution < 1.29 is 27.1 Å². The van der Waals surface area contributed by atoms with Crippen LogP contribution in [-0.4, -0.2) is 38.3 Å². The van der Waals surface area contributed by atoms with E-state index in [1.54, 1.807) is 24.3 Å². The third-order valence-corrected chi connectivity index (χ3v) is 7.17. The molecule has 0 aliphatic rings. The lowest BCUT2D eigenvalue weighted by molar-refractivity contribution is -0.125. The van der Waals surface area contributed by atoms with Crippen LogP contribution in [0.2, 0.25) is 0 Å². The molecular formula is C29H35F2N3O4S. The molecular weight excluding hydrogens is 524 g/mol. The Morgan fingerprint density at radius 1 is 0.923 bits per heavy atom. The Morgan fingerprint density at radius 3 is 2.15 bits per heavy atom. The Balaban J connectivity index is 1.81. The number of nitrogens with two attached hydrogens (primary N) is 1. The number of amides is 1. The van der Waals surface area contributed by atoms with Gasteiger partial charge in [-0.05, 0) is 65.8 Å². The molecule has 0 saturated carbocycles. The second kappa shape index (κ2) is 13.6. The predicted molar refractivity (Wildman–Crippen MR) is 148 cm³/mol. The Hall–Kier alpha value is -3.34. The third kappa shape index (κ3) is 9.72. The number of halogens is 2. The minimum Gasteiger partial charge on any atom is -0.391 e. The van der Waals surface area contributed by atoms with Crippen molar-refractivity contribution in [3.05, 3.63) is 101 Å². The summed E-state index contributed by atoms with van der Waals surface area (Å²) in [5.41, 5.74) is 9.36. The highest BCUT2D eigenvalue weighted by Gasteiger charge is 2.33. The lowest BCUT2D eigenvalue weighted by Gasteiger charge is -2.30.